The summed E-state index contributed by atoms with van der Waals surface area (Å²) in [5.41, 5.74) is 2.42. The van der Waals surface area contributed by atoms with Gasteiger partial charge in [-0.25, -0.2) is 0 Å². The summed E-state index contributed by atoms with van der Waals surface area (Å²) in [6, 6.07) is 12.1. The fourth-order valence-electron chi connectivity index (χ4n) is 2.82. The van der Waals surface area contributed by atoms with Gasteiger partial charge in [-0.1, -0.05) is 24.3 Å². The second-order valence-corrected chi connectivity index (χ2v) is 6.07. The van der Waals surface area contributed by atoms with E-state index in [1.165, 1.54) is 11.1 Å². The van der Waals surface area contributed by atoms with E-state index in [1.807, 2.05) is 6.07 Å². The van der Waals surface area contributed by atoms with Gasteiger partial charge in [0.05, 0.1) is 19.3 Å². The average molecular weight is 331 g/mol. The van der Waals surface area contributed by atoms with Gasteiger partial charge in [0.25, 0.3) is 0 Å². The molecule has 0 aliphatic carbocycles. The van der Waals surface area contributed by atoms with Gasteiger partial charge in [-0.15, -0.1) is 0 Å². The number of nitrogens with one attached hydrogen (secondary N) is 1. The Balaban J connectivity index is 1.44. The van der Waals surface area contributed by atoms with Crippen LogP contribution in [0.1, 0.15) is 35.5 Å². The Labute approximate surface area is 142 Å². The van der Waals surface area contributed by atoms with Crippen molar-refractivity contribution >= 4 is 0 Å². The van der Waals surface area contributed by atoms with Crippen LogP contribution in [0.4, 0.5) is 0 Å². The Bertz CT molecular complexity index is 619. The van der Waals surface area contributed by atoms with Gasteiger partial charge in [-0.05, 0) is 36.1 Å². The van der Waals surface area contributed by atoms with Gasteiger partial charge in [0.1, 0.15) is 18.1 Å². The molecular weight excluding hydrogens is 306 g/mol. The van der Waals surface area contributed by atoms with E-state index in [4.69, 9.17) is 19.0 Å². The van der Waals surface area contributed by atoms with E-state index < -0.39 is 0 Å². The molecule has 0 amide bonds. The Morgan fingerprint density at radius 1 is 1.04 bits per heavy atom. The highest BCUT2D eigenvalue weighted by Gasteiger charge is 2.14. The molecule has 0 bridgehead atoms. The zero-order valence-corrected chi connectivity index (χ0v) is 13.9. The van der Waals surface area contributed by atoms with Crippen molar-refractivity contribution in [2.75, 3.05) is 13.2 Å². The van der Waals surface area contributed by atoms with Crippen molar-refractivity contribution in [1.82, 2.24) is 5.32 Å². The molecule has 24 heavy (non-hydrogen) atoms. The maximum absolute atomic E-state index is 9.00. The molecule has 2 aromatic rings. The molecule has 0 radical (unpaired) electrons. The summed E-state index contributed by atoms with van der Waals surface area (Å²) in [6.07, 6.45) is 2.29. The highest BCUT2D eigenvalue weighted by Crippen LogP contribution is 2.14. The molecule has 1 fully saturated rings. The normalized spacial score (nSPS) is 15.7. The minimum Gasteiger partial charge on any atom is -0.462 e. The first-order chi connectivity index (χ1) is 11.8. The van der Waals surface area contributed by atoms with Crippen LogP contribution in [-0.4, -0.2) is 24.4 Å². The maximum Gasteiger partial charge on any atom is 0.129 e. The third kappa shape index (κ3) is 5.18. The fraction of sp³-hybridized carbons (Fsp3) is 0.474. The molecule has 1 aliphatic rings. The number of aliphatic hydroxyl groups is 1. The summed E-state index contributed by atoms with van der Waals surface area (Å²) >= 11 is 0. The monoisotopic (exact) mass is 331 g/mol. The molecule has 5 nitrogen and oxygen atoms in total. The summed E-state index contributed by atoms with van der Waals surface area (Å²) in [5.74, 6) is 1.43. The van der Waals surface area contributed by atoms with Crippen molar-refractivity contribution in [3.05, 3.63) is 59.0 Å². The second kappa shape index (κ2) is 8.99. The quantitative estimate of drug-likeness (QED) is 0.779. The first kappa shape index (κ1) is 17.2. The van der Waals surface area contributed by atoms with Crippen LogP contribution in [0.5, 0.6) is 0 Å². The molecular formula is C19H25NO4. The van der Waals surface area contributed by atoms with Crippen LogP contribution in [0.3, 0.4) is 0 Å². The maximum atomic E-state index is 9.00. The lowest BCUT2D eigenvalue weighted by Crippen LogP contribution is -2.23. The van der Waals surface area contributed by atoms with E-state index in [1.54, 1.807) is 6.07 Å². The second-order valence-electron chi connectivity index (χ2n) is 6.07. The molecule has 3 rings (SSSR count). The number of hydrogen-bond acceptors (Lipinski definition) is 5. The van der Waals surface area contributed by atoms with Crippen LogP contribution >= 0.6 is 0 Å². The SMILES string of the molecule is OCc1ccc(CNCc2cccc(COC3CCOCC3)c2)o1. The minimum absolute atomic E-state index is 0.0604. The van der Waals surface area contributed by atoms with Gasteiger partial charge in [-0.2, -0.15) is 0 Å². The van der Waals surface area contributed by atoms with Crippen molar-refractivity contribution in [1.29, 1.82) is 0 Å². The molecule has 1 aromatic heterocycles. The standard InChI is InChI=1S/C19H25NO4/c21-13-19-5-4-18(24-19)12-20-11-15-2-1-3-16(10-15)14-23-17-6-8-22-9-7-17/h1-5,10,17,20-21H,6-9,11-14H2. The highest BCUT2D eigenvalue weighted by atomic mass is 16.5. The van der Waals surface area contributed by atoms with Crippen molar-refractivity contribution in [3.8, 4) is 0 Å². The number of ether oxygens (including phenoxy) is 2. The fourth-order valence-corrected chi connectivity index (χ4v) is 2.82. The zero-order chi connectivity index (χ0) is 16.6. The number of benzene rings is 1. The first-order valence-electron chi connectivity index (χ1n) is 8.50. The molecule has 130 valence electrons. The van der Waals surface area contributed by atoms with Gasteiger partial charge in [-0.3, -0.25) is 0 Å². The summed E-state index contributed by atoms with van der Waals surface area (Å²) in [4.78, 5) is 0. The molecule has 0 saturated carbocycles. The van der Waals surface area contributed by atoms with E-state index in [0.29, 0.717) is 25.0 Å². The smallest absolute Gasteiger partial charge is 0.129 e. The summed E-state index contributed by atoms with van der Waals surface area (Å²) in [7, 11) is 0. The molecule has 0 unspecified atom stereocenters. The Kier molecular flexibility index (Phi) is 6.43. The minimum atomic E-state index is -0.0604. The molecule has 1 aliphatic heterocycles. The zero-order valence-electron chi connectivity index (χ0n) is 13.9. The van der Waals surface area contributed by atoms with Gasteiger partial charge in [0.2, 0.25) is 0 Å². The predicted molar refractivity (Wildman–Crippen MR) is 90.2 cm³/mol. The van der Waals surface area contributed by atoms with E-state index in [9.17, 15) is 0 Å². The average Bonchev–Trinajstić information content (AvgIpc) is 3.09. The Morgan fingerprint density at radius 3 is 2.62 bits per heavy atom. The van der Waals surface area contributed by atoms with Gasteiger partial charge in [0, 0.05) is 19.8 Å². The Hall–Kier alpha value is -1.66. The number of aliphatic hydroxyl groups excluding tert-OH is 1. The molecule has 2 N–H and O–H groups in total. The van der Waals surface area contributed by atoms with E-state index >= 15 is 0 Å². The van der Waals surface area contributed by atoms with Crippen LogP contribution in [0.15, 0.2) is 40.8 Å². The van der Waals surface area contributed by atoms with Crippen molar-refractivity contribution < 1.29 is 19.0 Å². The van der Waals surface area contributed by atoms with Crippen LogP contribution in [0.25, 0.3) is 0 Å². The topological polar surface area (TPSA) is 63.9 Å². The lowest BCUT2D eigenvalue weighted by Gasteiger charge is -2.22. The lowest BCUT2D eigenvalue weighted by molar-refractivity contribution is -0.0390. The first-order valence-corrected chi connectivity index (χ1v) is 8.50. The Morgan fingerprint density at radius 2 is 1.83 bits per heavy atom. The molecule has 1 aromatic carbocycles. The van der Waals surface area contributed by atoms with Crippen molar-refractivity contribution in [3.63, 3.8) is 0 Å². The summed E-state index contributed by atoms with van der Waals surface area (Å²) in [5, 5.41) is 12.4. The third-order valence-electron chi connectivity index (χ3n) is 4.15. The molecule has 0 spiro atoms. The highest BCUT2D eigenvalue weighted by molar-refractivity contribution is 5.23. The summed E-state index contributed by atoms with van der Waals surface area (Å²) < 4.78 is 16.8. The van der Waals surface area contributed by atoms with E-state index in [2.05, 4.69) is 29.6 Å². The van der Waals surface area contributed by atoms with Crippen LogP contribution in [0.2, 0.25) is 0 Å². The molecule has 5 heteroatoms. The van der Waals surface area contributed by atoms with E-state index in [0.717, 1.165) is 38.4 Å². The van der Waals surface area contributed by atoms with Crippen LogP contribution in [-0.2, 0) is 35.8 Å². The van der Waals surface area contributed by atoms with Crippen molar-refractivity contribution in [2.45, 2.75) is 45.2 Å². The van der Waals surface area contributed by atoms with Gasteiger partial charge in [0.15, 0.2) is 0 Å². The summed E-state index contributed by atoms with van der Waals surface area (Å²) in [6.45, 7) is 3.60. The van der Waals surface area contributed by atoms with Crippen molar-refractivity contribution in [2.24, 2.45) is 0 Å². The molecule has 0 atom stereocenters. The van der Waals surface area contributed by atoms with Gasteiger partial charge < -0.3 is 24.3 Å². The van der Waals surface area contributed by atoms with Crippen LogP contribution < -0.4 is 5.32 Å². The largest absolute Gasteiger partial charge is 0.462 e. The number of furan rings is 1. The van der Waals surface area contributed by atoms with Crippen LogP contribution in [0, 0.1) is 0 Å². The van der Waals surface area contributed by atoms with Gasteiger partial charge >= 0.3 is 0 Å². The molecule has 1 saturated heterocycles. The molecule has 2 heterocycles. The third-order valence-corrected chi connectivity index (χ3v) is 4.15. The predicted octanol–water partition coefficient (Wildman–Crippen LogP) is 2.76. The van der Waals surface area contributed by atoms with E-state index in [-0.39, 0.29) is 6.61 Å². The number of hydrogen-bond donors (Lipinski definition) is 2. The number of rotatable bonds is 8. The lowest BCUT2D eigenvalue weighted by atomic mass is 10.1.